The Morgan fingerprint density at radius 3 is 2.21 bits per heavy atom. The molecule has 0 bridgehead atoms. The van der Waals surface area contributed by atoms with Crippen molar-refractivity contribution < 1.29 is 60.5 Å². The van der Waals surface area contributed by atoms with E-state index in [1.54, 1.807) is 12.1 Å². The van der Waals surface area contributed by atoms with Gasteiger partial charge < -0.3 is 45.9 Å². The van der Waals surface area contributed by atoms with Gasteiger partial charge in [0.2, 0.25) is 33.7 Å². The first-order valence-electron chi connectivity index (χ1n) is 21.5. The number of piperidine rings is 2. The zero-order valence-electron chi connectivity index (χ0n) is 36.4. The molecule has 1 aromatic heterocycles. The number of amides is 6. The first-order valence-corrected chi connectivity index (χ1v) is 23.9. The van der Waals surface area contributed by atoms with Gasteiger partial charge in [0.05, 0.1) is 85.5 Å². The second kappa shape index (κ2) is 24.4. The number of primary amides is 1. The van der Waals surface area contributed by atoms with Crippen LogP contribution in [0.25, 0.3) is 0 Å². The zero-order valence-corrected chi connectivity index (χ0v) is 38.8. The van der Waals surface area contributed by atoms with Gasteiger partial charge in [-0.2, -0.15) is 4.98 Å². The highest BCUT2D eigenvalue weighted by molar-refractivity contribution is 9.10. The number of hydrogen-bond donors (Lipinski definition) is 6. The van der Waals surface area contributed by atoms with Crippen LogP contribution in [-0.4, -0.2) is 160 Å². The fraction of sp³-hybridized carbons (Fsp3) is 0.476. The van der Waals surface area contributed by atoms with Gasteiger partial charge in [-0.15, -0.1) is 0 Å². The van der Waals surface area contributed by atoms with Crippen molar-refractivity contribution in [1.82, 2.24) is 29.8 Å². The SMILES string of the molecule is NC(=O)c1c(F)cccc1Nc1nc(NC2CCN(S(=O)(=O)CCNC(=O)CCOCCOCCOCCOCCNc3cccc4c3C(=O)N(C3CCC(=O)NC3=O)C4=O)CC2)ncc1Br. The van der Waals surface area contributed by atoms with Crippen LogP contribution >= 0.6 is 15.9 Å². The number of sulfonamides is 1. The van der Waals surface area contributed by atoms with E-state index in [9.17, 15) is 41.6 Å². The number of halogens is 2. The van der Waals surface area contributed by atoms with E-state index in [-0.39, 0.29) is 117 Å². The molecule has 0 spiro atoms. The molecule has 362 valence electrons. The third-order valence-electron chi connectivity index (χ3n) is 10.7. The van der Waals surface area contributed by atoms with Crippen LogP contribution in [0.2, 0.25) is 0 Å². The van der Waals surface area contributed by atoms with Crippen LogP contribution in [0.5, 0.6) is 0 Å². The number of carbonyl (C=O) groups excluding carboxylic acids is 6. The van der Waals surface area contributed by atoms with Crippen LogP contribution in [0.15, 0.2) is 47.1 Å². The summed E-state index contributed by atoms with van der Waals surface area (Å²) in [5.41, 5.74) is 5.98. The van der Waals surface area contributed by atoms with Crippen LogP contribution in [0.3, 0.4) is 0 Å². The minimum atomic E-state index is -3.63. The summed E-state index contributed by atoms with van der Waals surface area (Å²) in [6.45, 7) is 3.00. The predicted octanol–water partition coefficient (Wildman–Crippen LogP) is 1.51. The molecule has 1 atom stereocenters. The van der Waals surface area contributed by atoms with Crippen molar-refractivity contribution in [2.45, 2.75) is 44.2 Å². The molecule has 1 unspecified atom stereocenters. The Balaban J connectivity index is 0.749. The van der Waals surface area contributed by atoms with Gasteiger partial charge in [0.15, 0.2) is 0 Å². The standard InChI is InChI=1S/C42H52BrFN10O12S/c43-28-25-48-42(52-38(28)50-31-6-2-4-29(44)36(31)37(45)57)49-26-9-14-53(15-10-26)67(61,62)24-13-47-33(55)11-16-63-18-20-65-22-23-66-21-19-64-17-12-46-30-5-1-3-27-35(30)41(60)54(40(27)59)32-7-8-34(56)51-39(32)58/h1-6,25-26,32,46H,7-24H2,(H2,45,57)(H,47,55)(H,51,56,58)(H2,48,49,50,52). The summed E-state index contributed by atoms with van der Waals surface area (Å²) in [4.78, 5) is 83.8. The average Bonchev–Trinajstić information content (AvgIpc) is 3.54. The number of nitrogens with one attached hydrogen (secondary N) is 5. The largest absolute Gasteiger partial charge is 0.382 e. The minimum Gasteiger partial charge on any atom is -0.382 e. The van der Waals surface area contributed by atoms with Gasteiger partial charge in [-0.25, -0.2) is 22.1 Å². The van der Waals surface area contributed by atoms with Crippen molar-refractivity contribution in [3.05, 3.63) is 69.6 Å². The molecular weight excluding hydrogens is 967 g/mol. The molecule has 2 aromatic carbocycles. The molecule has 0 radical (unpaired) electrons. The Kier molecular flexibility index (Phi) is 18.4. The third kappa shape index (κ3) is 13.9. The fourth-order valence-electron chi connectivity index (χ4n) is 7.38. The van der Waals surface area contributed by atoms with E-state index in [0.717, 1.165) is 11.0 Å². The monoisotopic (exact) mass is 1020 g/mol. The van der Waals surface area contributed by atoms with Crippen molar-refractivity contribution in [2.75, 3.05) is 101 Å². The van der Waals surface area contributed by atoms with E-state index in [4.69, 9.17) is 24.7 Å². The van der Waals surface area contributed by atoms with Gasteiger partial charge in [-0.3, -0.25) is 39.0 Å². The molecule has 0 saturated carbocycles. The fourth-order valence-corrected chi connectivity index (χ4v) is 9.05. The van der Waals surface area contributed by atoms with E-state index in [2.05, 4.69) is 52.5 Å². The number of imide groups is 2. The van der Waals surface area contributed by atoms with Crippen LogP contribution in [-0.2, 0) is 43.4 Å². The number of carbonyl (C=O) groups is 6. The Hall–Kier alpha value is -5.70. The summed E-state index contributed by atoms with van der Waals surface area (Å²) < 4.78 is 64.1. The van der Waals surface area contributed by atoms with Gasteiger partial charge in [0.25, 0.3) is 17.7 Å². The molecular formula is C42H52BrFN10O12S. The molecule has 25 heteroatoms. The second-order valence-corrected chi connectivity index (χ2v) is 18.3. The quantitative estimate of drug-likeness (QED) is 0.0491. The van der Waals surface area contributed by atoms with Crippen LogP contribution in [0.1, 0.15) is 63.2 Å². The van der Waals surface area contributed by atoms with Crippen LogP contribution < -0.4 is 32.3 Å². The number of rotatable bonds is 26. The first-order chi connectivity index (χ1) is 32.2. The molecule has 6 amide bonds. The molecule has 3 aromatic rings. The molecule has 67 heavy (non-hydrogen) atoms. The molecule has 4 heterocycles. The van der Waals surface area contributed by atoms with Crippen molar-refractivity contribution in [3.8, 4) is 0 Å². The maximum Gasteiger partial charge on any atom is 0.264 e. The van der Waals surface area contributed by atoms with Gasteiger partial charge in [-0.1, -0.05) is 12.1 Å². The lowest BCUT2D eigenvalue weighted by Gasteiger charge is -2.31. The van der Waals surface area contributed by atoms with Gasteiger partial charge >= 0.3 is 0 Å². The number of ether oxygens (including phenoxy) is 4. The molecule has 2 fully saturated rings. The van der Waals surface area contributed by atoms with Crippen LogP contribution in [0.4, 0.5) is 27.5 Å². The number of nitrogens with two attached hydrogens (primary N) is 1. The van der Waals surface area contributed by atoms with Gasteiger partial charge in [0.1, 0.15) is 17.7 Å². The Morgan fingerprint density at radius 1 is 0.866 bits per heavy atom. The highest BCUT2D eigenvalue weighted by atomic mass is 79.9. The Labute approximate surface area is 393 Å². The summed E-state index contributed by atoms with van der Waals surface area (Å²) in [5, 5.41) is 14.0. The molecule has 3 aliphatic heterocycles. The summed E-state index contributed by atoms with van der Waals surface area (Å²) >= 11 is 3.35. The Morgan fingerprint density at radius 2 is 1.52 bits per heavy atom. The first kappa shape index (κ1) is 50.7. The normalized spacial score (nSPS) is 16.7. The lowest BCUT2D eigenvalue weighted by molar-refractivity contribution is -0.136. The average molecular weight is 1020 g/mol. The van der Waals surface area contributed by atoms with E-state index < -0.39 is 51.4 Å². The highest BCUT2D eigenvalue weighted by Gasteiger charge is 2.45. The van der Waals surface area contributed by atoms with Gasteiger partial charge in [0, 0.05) is 56.9 Å². The molecule has 22 nitrogen and oxygen atoms in total. The van der Waals surface area contributed by atoms with Crippen molar-refractivity contribution >= 4 is 84.5 Å². The molecule has 6 rings (SSSR count). The maximum atomic E-state index is 14.2. The summed E-state index contributed by atoms with van der Waals surface area (Å²) in [7, 11) is -3.63. The van der Waals surface area contributed by atoms with Crippen molar-refractivity contribution in [3.63, 3.8) is 0 Å². The van der Waals surface area contributed by atoms with E-state index in [0.29, 0.717) is 56.0 Å². The lowest BCUT2D eigenvalue weighted by Crippen LogP contribution is -2.54. The topological polar surface area (TPSA) is 292 Å². The predicted molar refractivity (Wildman–Crippen MR) is 242 cm³/mol. The number of nitrogens with zero attached hydrogens (tertiary/aromatic N) is 4. The highest BCUT2D eigenvalue weighted by Crippen LogP contribution is 2.33. The summed E-state index contributed by atoms with van der Waals surface area (Å²) in [5.74, 6) is -4.08. The van der Waals surface area contributed by atoms with Crippen molar-refractivity contribution in [2.24, 2.45) is 5.73 Å². The number of benzene rings is 2. The Bertz CT molecular complexity index is 2410. The third-order valence-corrected chi connectivity index (χ3v) is 13.2. The zero-order chi connectivity index (χ0) is 47.9. The second-order valence-electron chi connectivity index (χ2n) is 15.3. The smallest absolute Gasteiger partial charge is 0.264 e. The number of aromatic nitrogens is 2. The van der Waals surface area contributed by atoms with Crippen molar-refractivity contribution in [1.29, 1.82) is 0 Å². The minimum absolute atomic E-state index is 0.0394. The number of hydrogen-bond acceptors (Lipinski definition) is 17. The summed E-state index contributed by atoms with van der Waals surface area (Å²) in [6, 6.07) is 7.70. The van der Waals surface area contributed by atoms with E-state index in [1.807, 2.05) is 0 Å². The molecule has 7 N–H and O–H groups in total. The van der Waals surface area contributed by atoms with Gasteiger partial charge in [-0.05, 0) is 59.5 Å². The van der Waals surface area contributed by atoms with E-state index in [1.165, 1.54) is 28.7 Å². The molecule has 0 aliphatic carbocycles. The van der Waals surface area contributed by atoms with E-state index >= 15 is 0 Å². The maximum absolute atomic E-state index is 14.2. The summed E-state index contributed by atoms with van der Waals surface area (Å²) in [6.07, 6.45) is 2.60. The number of fused-ring (bicyclic) bond motifs is 1. The lowest BCUT2D eigenvalue weighted by atomic mass is 10.0. The van der Waals surface area contributed by atoms with Crippen LogP contribution in [0, 0.1) is 5.82 Å². The number of anilines is 4. The molecule has 3 aliphatic rings. The molecule has 2 saturated heterocycles.